The van der Waals surface area contributed by atoms with Crippen LogP contribution in [0.4, 0.5) is 0 Å². The van der Waals surface area contributed by atoms with Crippen LogP contribution in [0.25, 0.3) is 10.8 Å². The van der Waals surface area contributed by atoms with Crippen LogP contribution >= 0.6 is 11.6 Å². The molecule has 3 aromatic rings. The van der Waals surface area contributed by atoms with Crippen LogP contribution in [0.3, 0.4) is 0 Å². The maximum absolute atomic E-state index is 12.5. The summed E-state index contributed by atoms with van der Waals surface area (Å²) in [5.41, 5.74) is 0.499. The number of methoxy groups -OCH3 is 1. The van der Waals surface area contributed by atoms with Gasteiger partial charge in [0.1, 0.15) is 18.1 Å². The van der Waals surface area contributed by atoms with Gasteiger partial charge in [0.25, 0.3) is 5.91 Å². The minimum absolute atomic E-state index is 0.203. The zero-order valence-electron chi connectivity index (χ0n) is 13.8. The van der Waals surface area contributed by atoms with Crippen molar-refractivity contribution in [3.05, 3.63) is 71.2 Å². The van der Waals surface area contributed by atoms with Crippen molar-refractivity contribution in [2.75, 3.05) is 20.3 Å². The number of ether oxygens (including phenoxy) is 2. The van der Waals surface area contributed by atoms with E-state index in [4.69, 9.17) is 21.1 Å². The molecule has 0 radical (unpaired) electrons. The number of carbonyl (C=O) groups excluding carboxylic acids is 1. The summed E-state index contributed by atoms with van der Waals surface area (Å²) >= 11 is 6.03. The van der Waals surface area contributed by atoms with Gasteiger partial charge in [-0.25, -0.2) is 0 Å². The highest BCUT2D eigenvalue weighted by atomic mass is 35.5. The molecule has 0 aromatic heterocycles. The molecule has 0 atom stereocenters. The molecule has 128 valence electrons. The van der Waals surface area contributed by atoms with Crippen LogP contribution in [0, 0.1) is 0 Å². The van der Waals surface area contributed by atoms with Gasteiger partial charge in [-0.3, -0.25) is 4.79 Å². The zero-order valence-corrected chi connectivity index (χ0v) is 14.5. The molecule has 0 unspecified atom stereocenters. The van der Waals surface area contributed by atoms with Crippen molar-refractivity contribution >= 4 is 28.3 Å². The van der Waals surface area contributed by atoms with E-state index in [1.807, 2.05) is 42.5 Å². The molecule has 4 nitrogen and oxygen atoms in total. The molecule has 0 aliphatic carbocycles. The van der Waals surface area contributed by atoms with Crippen molar-refractivity contribution in [3.8, 4) is 11.5 Å². The van der Waals surface area contributed by atoms with Gasteiger partial charge in [0, 0.05) is 5.39 Å². The minimum Gasteiger partial charge on any atom is -0.495 e. The summed E-state index contributed by atoms with van der Waals surface area (Å²) in [7, 11) is 1.57. The summed E-state index contributed by atoms with van der Waals surface area (Å²) in [5.74, 6) is 0.967. The van der Waals surface area contributed by atoms with E-state index in [0.29, 0.717) is 35.2 Å². The van der Waals surface area contributed by atoms with E-state index in [0.717, 1.165) is 10.8 Å². The molecule has 0 aliphatic heterocycles. The second-order valence-electron chi connectivity index (χ2n) is 5.40. The summed E-state index contributed by atoms with van der Waals surface area (Å²) < 4.78 is 11.0. The van der Waals surface area contributed by atoms with Gasteiger partial charge >= 0.3 is 0 Å². The zero-order chi connectivity index (χ0) is 17.6. The highest BCUT2D eigenvalue weighted by Crippen LogP contribution is 2.29. The maximum Gasteiger partial charge on any atom is 0.255 e. The highest BCUT2D eigenvalue weighted by Gasteiger charge is 2.14. The van der Waals surface area contributed by atoms with E-state index in [1.54, 1.807) is 25.3 Å². The van der Waals surface area contributed by atoms with Crippen molar-refractivity contribution in [1.29, 1.82) is 0 Å². The fraction of sp³-hybridized carbons (Fsp3) is 0.150. The van der Waals surface area contributed by atoms with Crippen molar-refractivity contribution in [2.24, 2.45) is 0 Å². The molecule has 3 rings (SSSR count). The van der Waals surface area contributed by atoms with Crippen LogP contribution in [-0.2, 0) is 0 Å². The van der Waals surface area contributed by atoms with Crippen LogP contribution in [0.15, 0.2) is 60.7 Å². The lowest BCUT2D eigenvalue weighted by Crippen LogP contribution is -2.28. The van der Waals surface area contributed by atoms with Crippen molar-refractivity contribution in [1.82, 2.24) is 5.32 Å². The van der Waals surface area contributed by atoms with Crippen molar-refractivity contribution in [3.63, 3.8) is 0 Å². The smallest absolute Gasteiger partial charge is 0.255 e. The lowest BCUT2D eigenvalue weighted by Gasteiger charge is -2.13. The van der Waals surface area contributed by atoms with E-state index >= 15 is 0 Å². The molecule has 0 spiro atoms. The first-order valence-electron chi connectivity index (χ1n) is 7.92. The number of halogens is 1. The van der Waals surface area contributed by atoms with E-state index in [2.05, 4.69) is 5.32 Å². The fourth-order valence-corrected chi connectivity index (χ4v) is 2.81. The normalized spacial score (nSPS) is 10.5. The second kappa shape index (κ2) is 7.90. The number of rotatable bonds is 6. The molecular formula is C20H18ClNO3. The third-order valence-corrected chi connectivity index (χ3v) is 4.12. The number of fused-ring (bicyclic) bond motifs is 1. The molecule has 1 amide bonds. The number of benzene rings is 3. The van der Waals surface area contributed by atoms with E-state index in [-0.39, 0.29) is 5.91 Å². The van der Waals surface area contributed by atoms with Gasteiger partial charge in [-0.05, 0) is 23.6 Å². The molecule has 3 aromatic carbocycles. The van der Waals surface area contributed by atoms with Gasteiger partial charge in [-0.15, -0.1) is 0 Å². The Kier molecular flexibility index (Phi) is 5.41. The Hall–Kier alpha value is -2.72. The van der Waals surface area contributed by atoms with Gasteiger partial charge in [-0.1, -0.05) is 54.1 Å². The van der Waals surface area contributed by atoms with Gasteiger partial charge in [-0.2, -0.15) is 0 Å². The Morgan fingerprint density at radius 3 is 2.60 bits per heavy atom. The van der Waals surface area contributed by atoms with Crippen LogP contribution in [-0.4, -0.2) is 26.2 Å². The molecule has 0 saturated heterocycles. The second-order valence-corrected chi connectivity index (χ2v) is 5.81. The molecule has 0 saturated carbocycles. The Morgan fingerprint density at radius 2 is 1.80 bits per heavy atom. The van der Waals surface area contributed by atoms with E-state index in [1.165, 1.54) is 0 Å². The average molecular weight is 356 g/mol. The molecule has 0 fully saturated rings. The third-order valence-electron chi connectivity index (χ3n) is 3.81. The number of hydrogen-bond acceptors (Lipinski definition) is 3. The number of amides is 1. The SMILES string of the molecule is COc1c(C(=O)NCCOc2ccccc2Cl)ccc2ccccc12. The molecular weight excluding hydrogens is 338 g/mol. The molecule has 1 N–H and O–H groups in total. The maximum atomic E-state index is 12.5. The van der Waals surface area contributed by atoms with Crippen LogP contribution < -0.4 is 14.8 Å². The lowest BCUT2D eigenvalue weighted by molar-refractivity contribution is 0.0944. The first kappa shape index (κ1) is 17.1. The quantitative estimate of drug-likeness (QED) is 0.670. The van der Waals surface area contributed by atoms with Crippen LogP contribution in [0.1, 0.15) is 10.4 Å². The molecule has 25 heavy (non-hydrogen) atoms. The summed E-state index contributed by atoms with van der Waals surface area (Å²) in [6, 6.07) is 18.7. The van der Waals surface area contributed by atoms with Gasteiger partial charge < -0.3 is 14.8 Å². The average Bonchev–Trinajstić information content (AvgIpc) is 2.65. The predicted molar refractivity (Wildman–Crippen MR) is 99.8 cm³/mol. The number of carbonyl (C=O) groups is 1. The lowest BCUT2D eigenvalue weighted by atomic mass is 10.0. The van der Waals surface area contributed by atoms with Gasteiger partial charge in [0.2, 0.25) is 0 Å². The Bertz CT molecular complexity index is 895. The monoisotopic (exact) mass is 355 g/mol. The summed E-state index contributed by atoms with van der Waals surface area (Å²) in [6.07, 6.45) is 0. The third kappa shape index (κ3) is 3.86. The molecule has 0 aliphatic rings. The highest BCUT2D eigenvalue weighted by molar-refractivity contribution is 6.32. The predicted octanol–water partition coefficient (Wildman–Crippen LogP) is 4.31. The minimum atomic E-state index is -0.203. The Labute approximate surface area is 151 Å². The largest absolute Gasteiger partial charge is 0.495 e. The fourth-order valence-electron chi connectivity index (χ4n) is 2.62. The molecule has 5 heteroatoms. The first-order valence-corrected chi connectivity index (χ1v) is 8.30. The van der Waals surface area contributed by atoms with Crippen molar-refractivity contribution < 1.29 is 14.3 Å². The summed E-state index contributed by atoms with van der Waals surface area (Å²) in [6.45, 7) is 0.686. The summed E-state index contributed by atoms with van der Waals surface area (Å²) in [4.78, 5) is 12.5. The molecule has 0 heterocycles. The van der Waals surface area contributed by atoms with Crippen LogP contribution in [0.5, 0.6) is 11.5 Å². The first-order chi connectivity index (χ1) is 12.2. The van der Waals surface area contributed by atoms with E-state index < -0.39 is 0 Å². The van der Waals surface area contributed by atoms with Crippen molar-refractivity contribution in [2.45, 2.75) is 0 Å². The van der Waals surface area contributed by atoms with Gasteiger partial charge in [0.15, 0.2) is 0 Å². The number of nitrogens with one attached hydrogen (secondary N) is 1. The van der Waals surface area contributed by atoms with E-state index in [9.17, 15) is 4.79 Å². The standard InChI is InChI=1S/C20H18ClNO3/c1-24-19-15-7-3-2-6-14(15)10-11-16(19)20(23)22-12-13-25-18-9-5-4-8-17(18)21/h2-11H,12-13H2,1H3,(H,22,23). The van der Waals surface area contributed by atoms with Crippen LogP contribution in [0.2, 0.25) is 5.02 Å². The summed E-state index contributed by atoms with van der Waals surface area (Å²) in [5, 5.41) is 5.32. The topological polar surface area (TPSA) is 47.6 Å². The number of hydrogen-bond donors (Lipinski definition) is 1. The Balaban J connectivity index is 1.65. The Morgan fingerprint density at radius 1 is 1.04 bits per heavy atom. The number of para-hydroxylation sites is 1. The van der Waals surface area contributed by atoms with Gasteiger partial charge in [0.05, 0.1) is 24.2 Å². The molecule has 0 bridgehead atoms.